The van der Waals surface area contributed by atoms with Crippen molar-refractivity contribution in [3.8, 4) is 44.5 Å². The normalized spacial score (nSPS) is 12.0. The minimum absolute atomic E-state index is 0.530. The van der Waals surface area contributed by atoms with Gasteiger partial charge in [-0.2, -0.15) is 0 Å². The van der Waals surface area contributed by atoms with Crippen molar-refractivity contribution in [3.63, 3.8) is 0 Å². The lowest BCUT2D eigenvalue weighted by molar-refractivity contribution is 0.666. The molecule has 50 heavy (non-hydrogen) atoms. The summed E-state index contributed by atoms with van der Waals surface area (Å²) in [4.78, 5) is 0. The van der Waals surface area contributed by atoms with Crippen LogP contribution in [0.4, 0.5) is 0 Å². The SMILES string of the molecule is [2H]c1ccc2cc(-c3ccccc3-c3c4ccccc4c(-c4ccc(-c5cccc6oc7c(C)cccc7c56)cc4)c4ccccc34)ccc2c1. The van der Waals surface area contributed by atoms with Crippen LogP contribution in [0.3, 0.4) is 0 Å². The number of hydrogen-bond donors (Lipinski definition) is 0. The highest BCUT2D eigenvalue weighted by atomic mass is 16.3. The molecule has 0 saturated heterocycles. The zero-order valence-corrected chi connectivity index (χ0v) is 27.6. The molecule has 0 aliphatic rings. The molecule has 0 unspecified atom stereocenters. The molecule has 0 bridgehead atoms. The van der Waals surface area contributed by atoms with Crippen LogP contribution in [0, 0.1) is 6.92 Å². The molecule has 0 aliphatic heterocycles. The first-order valence-electron chi connectivity index (χ1n) is 17.7. The van der Waals surface area contributed by atoms with E-state index in [1.54, 1.807) is 0 Å². The van der Waals surface area contributed by atoms with Gasteiger partial charge in [-0.3, -0.25) is 0 Å². The Balaban J connectivity index is 1.17. The molecule has 1 aromatic heterocycles. The summed E-state index contributed by atoms with van der Waals surface area (Å²) in [5.74, 6) is 0. The summed E-state index contributed by atoms with van der Waals surface area (Å²) in [5, 5.41) is 9.46. The van der Waals surface area contributed by atoms with Crippen molar-refractivity contribution in [3.05, 3.63) is 181 Å². The molecule has 234 valence electrons. The second kappa shape index (κ2) is 11.3. The molecular formula is C49H32O. The van der Waals surface area contributed by atoms with E-state index in [-0.39, 0.29) is 0 Å². The molecule has 10 rings (SSSR count). The van der Waals surface area contributed by atoms with Crippen molar-refractivity contribution in [2.75, 3.05) is 0 Å². The fourth-order valence-corrected chi connectivity index (χ4v) is 8.02. The lowest BCUT2D eigenvalue weighted by atomic mass is 9.83. The Kier molecular flexibility index (Phi) is 6.23. The summed E-state index contributed by atoms with van der Waals surface area (Å²) in [6.07, 6.45) is 0. The van der Waals surface area contributed by atoms with Gasteiger partial charge in [0.2, 0.25) is 0 Å². The Morgan fingerprint density at radius 3 is 1.78 bits per heavy atom. The van der Waals surface area contributed by atoms with Gasteiger partial charge in [0, 0.05) is 10.8 Å². The van der Waals surface area contributed by atoms with Gasteiger partial charge < -0.3 is 4.42 Å². The van der Waals surface area contributed by atoms with Crippen LogP contribution in [0.25, 0.3) is 98.8 Å². The van der Waals surface area contributed by atoms with E-state index in [9.17, 15) is 0 Å². The Morgan fingerprint density at radius 1 is 0.420 bits per heavy atom. The highest BCUT2D eigenvalue weighted by Gasteiger charge is 2.19. The zero-order chi connectivity index (χ0) is 34.1. The third-order valence-corrected chi connectivity index (χ3v) is 10.3. The van der Waals surface area contributed by atoms with E-state index in [1.165, 1.54) is 66.1 Å². The number of benzene rings is 9. The monoisotopic (exact) mass is 637 g/mol. The molecule has 1 nitrogen and oxygen atoms in total. The van der Waals surface area contributed by atoms with Gasteiger partial charge in [0.15, 0.2) is 0 Å². The maximum atomic E-state index is 8.08. The molecule has 0 fully saturated rings. The first-order valence-corrected chi connectivity index (χ1v) is 17.2. The molecule has 0 amide bonds. The fraction of sp³-hybridized carbons (Fsp3) is 0.0204. The zero-order valence-electron chi connectivity index (χ0n) is 28.6. The van der Waals surface area contributed by atoms with Gasteiger partial charge in [-0.1, -0.05) is 164 Å². The molecule has 1 heteroatoms. The minimum atomic E-state index is 0.530. The molecule has 0 N–H and O–H groups in total. The van der Waals surface area contributed by atoms with E-state index >= 15 is 0 Å². The number of para-hydroxylation sites is 1. The van der Waals surface area contributed by atoms with Crippen molar-refractivity contribution in [1.29, 1.82) is 0 Å². The van der Waals surface area contributed by atoms with Crippen molar-refractivity contribution < 1.29 is 5.79 Å². The Labute approximate surface area is 292 Å². The van der Waals surface area contributed by atoms with Crippen molar-refractivity contribution in [1.82, 2.24) is 0 Å². The minimum Gasteiger partial charge on any atom is -0.456 e. The topological polar surface area (TPSA) is 13.1 Å². The first-order chi connectivity index (χ1) is 25.1. The number of aryl methyl sites for hydroxylation is 1. The molecule has 0 saturated carbocycles. The predicted molar refractivity (Wildman–Crippen MR) is 213 cm³/mol. The van der Waals surface area contributed by atoms with Gasteiger partial charge >= 0.3 is 0 Å². The van der Waals surface area contributed by atoms with E-state index in [0.29, 0.717) is 6.04 Å². The maximum Gasteiger partial charge on any atom is 0.138 e. The summed E-state index contributed by atoms with van der Waals surface area (Å²) >= 11 is 0. The fourth-order valence-electron chi connectivity index (χ4n) is 8.02. The number of rotatable bonds is 4. The average Bonchev–Trinajstić information content (AvgIpc) is 3.57. The van der Waals surface area contributed by atoms with Gasteiger partial charge in [-0.15, -0.1) is 0 Å². The molecule has 0 aliphatic carbocycles. The molecule has 0 radical (unpaired) electrons. The summed E-state index contributed by atoms with van der Waals surface area (Å²) < 4.78 is 14.4. The van der Waals surface area contributed by atoms with E-state index in [4.69, 9.17) is 5.79 Å². The molecule has 0 spiro atoms. The molecule has 9 aromatic carbocycles. The lowest BCUT2D eigenvalue weighted by Gasteiger charge is -2.20. The third kappa shape index (κ3) is 4.41. The van der Waals surface area contributed by atoms with Gasteiger partial charge in [0.1, 0.15) is 11.2 Å². The average molecular weight is 638 g/mol. The molecular weight excluding hydrogens is 605 g/mol. The smallest absolute Gasteiger partial charge is 0.138 e. The van der Waals surface area contributed by atoms with E-state index in [1.807, 2.05) is 18.2 Å². The van der Waals surface area contributed by atoms with Gasteiger partial charge in [0.05, 0.1) is 1.37 Å². The van der Waals surface area contributed by atoms with E-state index in [0.717, 1.165) is 38.3 Å². The van der Waals surface area contributed by atoms with Gasteiger partial charge in [0.25, 0.3) is 0 Å². The van der Waals surface area contributed by atoms with E-state index < -0.39 is 0 Å². The highest BCUT2D eigenvalue weighted by molar-refractivity contribution is 6.22. The van der Waals surface area contributed by atoms with Gasteiger partial charge in [-0.05, 0) is 101 Å². The van der Waals surface area contributed by atoms with Crippen LogP contribution in [-0.4, -0.2) is 0 Å². The quantitative estimate of drug-likeness (QED) is 0.175. The van der Waals surface area contributed by atoms with Crippen LogP contribution in [0.15, 0.2) is 180 Å². The standard InChI is InChI=1S/C49H32O/c1-31-12-10-22-44-48-38(21-11-23-45(48)50-49(31)44)33-25-27-34(28-26-33)46-40-17-6-8-19-42(40)47(43-20-9-7-18-41(43)46)39-16-5-4-15-37(39)36-29-24-32-13-2-3-14-35(32)30-36/h2-30H,1H3/i2D. The van der Waals surface area contributed by atoms with Crippen LogP contribution < -0.4 is 0 Å². The van der Waals surface area contributed by atoms with Crippen LogP contribution >= 0.6 is 0 Å². The van der Waals surface area contributed by atoms with Crippen molar-refractivity contribution >= 4 is 54.3 Å². The third-order valence-electron chi connectivity index (χ3n) is 10.3. The summed E-state index contributed by atoms with van der Waals surface area (Å²) in [6, 6.07) is 61.2. The van der Waals surface area contributed by atoms with Crippen molar-refractivity contribution in [2.45, 2.75) is 6.92 Å². The van der Waals surface area contributed by atoms with Crippen molar-refractivity contribution in [2.24, 2.45) is 0 Å². The number of furan rings is 1. The highest BCUT2D eigenvalue weighted by Crippen LogP contribution is 2.47. The molecule has 1 heterocycles. The Bertz CT molecular complexity index is 2930. The second-order valence-electron chi connectivity index (χ2n) is 13.2. The Morgan fingerprint density at radius 2 is 1.02 bits per heavy atom. The van der Waals surface area contributed by atoms with Crippen LogP contribution in [0.2, 0.25) is 0 Å². The summed E-state index contributed by atoms with van der Waals surface area (Å²) in [6.45, 7) is 2.11. The number of hydrogen-bond acceptors (Lipinski definition) is 1. The second-order valence-corrected chi connectivity index (χ2v) is 13.2. The van der Waals surface area contributed by atoms with Crippen LogP contribution in [-0.2, 0) is 0 Å². The Hall–Kier alpha value is -6.44. The largest absolute Gasteiger partial charge is 0.456 e. The molecule has 10 aromatic rings. The summed E-state index contributed by atoms with van der Waals surface area (Å²) in [5.41, 5.74) is 12.6. The maximum absolute atomic E-state index is 8.08. The van der Waals surface area contributed by atoms with E-state index in [2.05, 4.69) is 159 Å². The lowest BCUT2D eigenvalue weighted by Crippen LogP contribution is -1.93. The number of fused-ring (bicyclic) bond motifs is 6. The first kappa shape index (κ1) is 27.5. The molecule has 0 atom stereocenters. The predicted octanol–water partition coefficient (Wildman–Crippen LogP) is 14.0. The summed E-state index contributed by atoms with van der Waals surface area (Å²) in [7, 11) is 0. The van der Waals surface area contributed by atoms with Crippen LogP contribution in [0.5, 0.6) is 0 Å². The van der Waals surface area contributed by atoms with Gasteiger partial charge in [-0.25, -0.2) is 0 Å². The van der Waals surface area contributed by atoms with Crippen LogP contribution in [0.1, 0.15) is 6.93 Å².